The molecule has 0 saturated heterocycles. The van der Waals surface area contributed by atoms with Crippen LogP contribution in [0.15, 0.2) is 29.4 Å². The van der Waals surface area contributed by atoms with Crippen LogP contribution in [0.2, 0.25) is 0 Å². The number of oxime groups is 1. The highest BCUT2D eigenvalue weighted by atomic mass is 19.1. The second kappa shape index (κ2) is 4.49. The molecule has 0 aliphatic rings. The minimum atomic E-state index is -0.260. The summed E-state index contributed by atoms with van der Waals surface area (Å²) in [6.07, 6.45) is 1.51. The van der Waals surface area contributed by atoms with Gasteiger partial charge in [0.1, 0.15) is 12.4 Å². The zero-order valence-corrected chi connectivity index (χ0v) is 6.83. The lowest BCUT2D eigenvalue weighted by atomic mass is 10.2. The topological polar surface area (TPSA) is 21.6 Å². The van der Waals surface area contributed by atoms with Crippen molar-refractivity contribution in [2.24, 2.45) is 5.16 Å². The fraction of sp³-hybridized carbons (Fsp3) is 0.222. The van der Waals surface area contributed by atoms with Gasteiger partial charge >= 0.3 is 0 Å². The second-order valence-corrected chi connectivity index (χ2v) is 2.23. The molecule has 0 radical (unpaired) electrons. The summed E-state index contributed by atoms with van der Waals surface area (Å²) in [5.41, 5.74) is 0.517. The first-order chi connectivity index (χ1) is 5.84. The van der Waals surface area contributed by atoms with Crippen molar-refractivity contribution in [1.82, 2.24) is 0 Å². The molecule has 3 heteroatoms. The molecule has 0 aromatic heterocycles. The third kappa shape index (κ3) is 2.34. The van der Waals surface area contributed by atoms with Crippen LogP contribution < -0.4 is 0 Å². The van der Waals surface area contributed by atoms with Gasteiger partial charge in [0.2, 0.25) is 0 Å². The molecule has 0 N–H and O–H groups in total. The van der Waals surface area contributed by atoms with Gasteiger partial charge in [0.15, 0.2) is 0 Å². The van der Waals surface area contributed by atoms with Gasteiger partial charge in [-0.2, -0.15) is 0 Å². The zero-order chi connectivity index (χ0) is 8.81. The third-order valence-corrected chi connectivity index (χ3v) is 1.36. The largest absolute Gasteiger partial charge is 0.391 e. The van der Waals surface area contributed by atoms with E-state index >= 15 is 0 Å². The van der Waals surface area contributed by atoms with Crippen LogP contribution in [0.25, 0.3) is 0 Å². The third-order valence-electron chi connectivity index (χ3n) is 1.36. The molecular weight excluding hydrogens is 157 g/mol. The smallest absolute Gasteiger partial charge is 0.145 e. The van der Waals surface area contributed by atoms with Crippen molar-refractivity contribution in [3.8, 4) is 0 Å². The first-order valence-electron chi connectivity index (χ1n) is 3.68. The predicted octanol–water partition coefficient (Wildman–Crippen LogP) is 2.35. The Morgan fingerprint density at radius 2 is 2.25 bits per heavy atom. The minimum absolute atomic E-state index is 0.178. The van der Waals surface area contributed by atoms with Crippen LogP contribution in [-0.4, -0.2) is 6.21 Å². The summed E-state index contributed by atoms with van der Waals surface area (Å²) in [5.74, 6) is -0.260. The van der Waals surface area contributed by atoms with Crippen molar-refractivity contribution >= 4 is 6.21 Å². The van der Waals surface area contributed by atoms with Crippen molar-refractivity contribution in [3.05, 3.63) is 35.6 Å². The molecule has 1 aromatic rings. The Morgan fingerprint density at radius 3 is 2.92 bits per heavy atom. The van der Waals surface area contributed by atoms with E-state index in [0.717, 1.165) is 0 Å². The van der Waals surface area contributed by atoms with Crippen LogP contribution in [0.5, 0.6) is 0 Å². The maximum absolute atomic E-state index is 12.9. The molecule has 1 rings (SSSR count). The molecule has 0 spiro atoms. The lowest BCUT2D eigenvalue weighted by Gasteiger charge is -1.99. The van der Waals surface area contributed by atoms with Crippen LogP contribution in [-0.2, 0) is 11.4 Å². The number of hydrogen-bond acceptors (Lipinski definition) is 2. The van der Waals surface area contributed by atoms with Crippen LogP contribution in [0.3, 0.4) is 0 Å². The van der Waals surface area contributed by atoms with Gasteiger partial charge in [-0.25, -0.2) is 4.39 Å². The van der Waals surface area contributed by atoms with Gasteiger partial charge in [0.05, 0.1) is 0 Å². The molecule has 0 unspecified atom stereocenters. The summed E-state index contributed by atoms with van der Waals surface area (Å²) in [7, 11) is 0. The molecule has 0 fully saturated rings. The maximum atomic E-state index is 12.9. The standard InChI is InChI=1S/C9H10FNO/c1-2-11-12-7-8-5-3-4-6-9(8)10/h2-6H,7H2,1H3. The van der Waals surface area contributed by atoms with E-state index in [1.165, 1.54) is 12.3 Å². The van der Waals surface area contributed by atoms with Crippen LogP contribution in [0.1, 0.15) is 12.5 Å². The summed E-state index contributed by atoms with van der Waals surface area (Å²) >= 11 is 0. The molecule has 0 saturated carbocycles. The number of rotatable bonds is 3. The van der Waals surface area contributed by atoms with Crippen LogP contribution in [0, 0.1) is 5.82 Å². The average Bonchev–Trinajstić information content (AvgIpc) is 2.09. The van der Waals surface area contributed by atoms with E-state index in [0.29, 0.717) is 5.56 Å². The van der Waals surface area contributed by atoms with E-state index in [1.54, 1.807) is 25.1 Å². The summed E-state index contributed by atoms with van der Waals surface area (Å²) < 4.78 is 12.9. The lowest BCUT2D eigenvalue weighted by molar-refractivity contribution is 0.129. The molecule has 2 nitrogen and oxygen atoms in total. The van der Waals surface area contributed by atoms with Crippen LogP contribution in [0.4, 0.5) is 4.39 Å². The summed E-state index contributed by atoms with van der Waals surface area (Å²) in [6.45, 7) is 1.92. The summed E-state index contributed by atoms with van der Waals surface area (Å²) in [5, 5.41) is 3.52. The fourth-order valence-electron chi connectivity index (χ4n) is 0.797. The van der Waals surface area contributed by atoms with Gasteiger partial charge in [0, 0.05) is 11.8 Å². The number of benzene rings is 1. The number of hydrogen-bond donors (Lipinski definition) is 0. The highest BCUT2D eigenvalue weighted by Gasteiger charge is 1.98. The summed E-state index contributed by atoms with van der Waals surface area (Å²) in [4.78, 5) is 4.78. The molecule has 0 heterocycles. The Bertz CT molecular complexity index is 273. The van der Waals surface area contributed by atoms with Gasteiger partial charge in [0.25, 0.3) is 0 Å². The van der Waals surface area contributed by atoms with Crippen molar-refractivity contribution in [3.63, 3.8) is 0 Å². The Hall–Kier alpha value is -1.38. The van der Waals surface area contributed by atoms with E-state index in [-0.39, 0.29) is 12.4 Å². The molecule has 1 aromatic carbocycles. The Labute approximate surface area is 70.7 Å². The molecule has 0 atom stereocenters. The molecule has 12 heavy (non-hydrogen) atoms. The predicted molar refractivity (Wildman–Crippen MR) is 45.4 cm³/mol. The quantitative estimate of drug-likeness (QED) is 0.500. The van der Waals surface area contributed by atoms with Gasteiger partial charge in [-0.3, -0.25) is 0 Å². The maximum Gasteiger partial charge on any atom is 0.145 e. The Kier molecular flexibility index (Phi) is 3.26. The minimum Gasteiger partial charge on any atom is -0.391 e. The Morgan fingerprint density at radius 1 is 1.50 bits per heavy atom. The van der Waals surface area contributed by atoms with E-state index in [9.17, 15) is 4.39 Å². The van der Waals surface area contributed by atoms with E-state index in [4.69, 9.17) is 4.84 Å². The molecule has 0 bridgehead atoms. The monoisotopic (exact) mass is 167 g/mol. The normalized spacial score (nSPS) is 10.5. The van der Waals surface area contributed by atoms with Gasteiger partial charge < -0.3 is 4.84 Å². The first-order valence-corrected chi connectivity index (χ1v) is 3.68. The SMILES string of the molecule is CC=NOCc1ccccc1F. The molecule has 0 amide bonds. The van der Waals surface area contributed by atoms with Gasteiger partial charge in [-0.15, -0.1) is 0 Å². The second-order valence-electron chi connectivity index (χ2n) is 2.23. The lowest BCUT2D eigenvalue weighted by Crippen LogP contribution is -1.90. The molecule has 0 aliphatic heterocycles. The van der Waals surface area contributed by atoms with E-state index < -0.39 is 0 Å². The number of nitrogens with zero attached hydrogens (tertiary/aromatic N) is 1. The van der Waals surface area contributed by atoms with Gasteiger partial charge in [-0.05, 0) is 13.0 Å². The first kappa shape index (κ1) is 8.71. The Balaban J connectivity index is 2.57. The highest BCUT2D eigenvalue weighted by molar-refractivity contribution is 5.52. The number of halogens is 1. The molecule has 0 aliphatic carbocycles. The van der Waals surface area contributed by atoms with Crippen LogP contribution >= 0.6 is 0 Å². The van der Waals surface area contributed by atoms with Crippen molar-refractivity contribution in [2.75, 3.05) is 0 Å². The van der Waals surface area contributed by atoms with E-state index in [1.807, 2.05) is 0 Å². The average molecular weight is 167 g/mol. The molecular formula is C9H10FNO. The van der Waals surface area contributed by atoms with E-state index in [2.05, 4.69) is 5.16 Å². The molecule has 64 valence electrons. The van der Waals surface area contributed by atoms with Crippen molar-refractivity contribution < 1.29 is 9.23 Å². The summed E-state index contributed by atoms with van der Waals surface area (Å²) in [6, 6.07) is 6.47. The van der Waals surface area contributed by atoms with Crippen molar-refractivity contribution in [1.29, 1.82) is 0 Å². The highest BCUT2D eigenvalue weighted by Crippen LogP contribution is 2.07. The van der Waals surface area contributed by atoms with Gasteiger partial charge in [-0.1, -0.05) is 23.4 Å². The zero-order valence-electron chi connectivity index (χ0n) is 6.83. The fourth-order valence-corrected chi connectivity index (χ4v) is 0.797. The van der Waals surface area contributed by atoms with Crippen molar-refractivity contribution in [2.45, 2.75) is 13.5 Å².